The van der Waals surface area contributed by atoms with Gasteiger partial charge in [0.15, 0.2) is 0 Å². The monoisotopic (exact) mass is 329 g/mol. The van der Waals surface area contributed by atoms with Gasteiger partial charge in [-0.05, 0) is 25.5 Å². The fourth-order valence-electron chi connectivity index (χ4n) is 2.18. The van der Waals surface area contributed by atoms with Crippen molar-refractivity contribution in [2.24, 2.45) is 0 Å². The summed E-state index contributed by atoms with van der Waals surface area (Å²) in [5.41, 5.74) is -0.823. The lowest BCUT2D eigenvalue weighted by atomic mass is 10.1. The quantitative estimate of drug-likeness (QED) is 0.901. The van der Waals surface area contributed by atoms with Gasteiger partial charge in [0.2, 0.25) is 0 Å². The summed E-state index contributed by atoms with van der Waals surface area (Å²) in [4.78, 5) is 5.71. The third-order valence-electron chi connectivity index (χ3n) is 3.30. The maximum Gasteiger partial charge on any atom is 0.417 e. The van der Waals surface area contributed by atoms with Crippen LogP contribution in [0.25, 0.3) is 0 Å². The SMILES string of the molecule is CN(c1ncc(C(F)(F)F)cc1Cl)C1CCCNC1.Cl. The second-order valence-electron chi connectivity index (χ2n) is 4.64. The first kappa shape index (κ1) is 17.3. The van der Waals surface area contributed by atoms with Crippen LogP contribution in [0.4, 0.5) is 19.0 Å². The van der Waals surface area contributed by atoms with Gasteiger partial charge in [-0.2, -0.15) is 13.2 Å². The zero-order valence-corrected chi connectivity index (χ0v) is 12.4. The summed E-state index contributed by atoms with van der Waals surface area (Å²) < 4.78 is 37.6. The van der Waals surface area contributed by atoms with Crippen LogP contribution in [-0.4, -0.2) is 31.2 Å². The Labute approximate surface area is 126 Å². The van der Waals surface area contributed by atoms with Crippen molar-refractivity contribution in [2.45, 2.75) is 25.1 Å². The number of alkyl halides is 3. The minimum Gasteiger partial charge on any atom is -0.354 e. The summed E-state index contributed by atoms with van der Waals surface area (Å²) >= 11 is 5.92. The van der Waals surface area contributed by atoms with Gasteiger partial charge in [0.1, 0.15) is 5.82 Å². The number of nitrogens with zero attached hydrogens (tertiary/aromatic N) is 2. The van der Waals surface area contributed by atoms with Crippen LogP contribution in [0.3, 0.4) is 0 Å². The number of aromatic nitrogens is 1. The van der Waals surface area contributed by atoms with Gasteiger partial charge in [-0.25, -0.2) is 4.98 Å². The van der Waals surface area contributed by atoms with Crippen LogP contribution in [0.5, 0.6) is 0 Å². The fraction of sp³-hybridized carbons (Fsp3) is 0.583. The number of halogens is 5. The molecule has 1 aliphatic rings. The highest BCUT2D eigenvalue weighted by atomic mass is 35.5. The number of hydrogen-bond donors (Lipinski definition) is 1. The highest BCUT2D eigenvalue weighted by Gasteiger charge is 2.32. The first-order valence-electron chi connectivity index (χ1n) is 6.06. The van der Waals surface area contributed by atoms with Gasteiger partial charge in [0.25, 0.3) is 0 Å². The molecule has 1 aromatic heterocycles. The smallest absolute Gasteiger partial charge is 0.354 e. The molecule has 8 heteroatoms. The van der Waals surface area contributed by atoms with E-state index in [2.05, 4.69) is 10.3 Å². The Morgan fingerprint density at radius 2 is 2.15 bits per heavy atom. The summed E-state index contributed by atoms with van der Waals surface area (Å²) in [5, 5.41) is 3.28. The van der Waals surface area contributed by atoms with Gasteiger partial charge < -0.3 is 10.2 Å². The van der Waals surface area contributed by atoms with Crippen LogP contribution in [0, 0.1) is 0 Å². The van der Waals surface area contributed by atoms with Crippen molar-refractivity contribution in [3.05, 3.63) is 22.8 Å². The average molecular weight is 330 g/mol. The maximum atomic E-state index is 12.5. The Morgan fingerprint density at radius 1 is 1.45 bits per heavy atom. The molecule has 1 aliphatic heterocycles. The highest BCUT2D eigenvalue weighted by Crippen LogP contribution is 2.33. The molecule has 0 aromatic carbocycles. The lowest BCUT2D eigenvalue weighted by molar-refractivity contribution is -0.137. The van der Waals surface area contributed by atoms with E-state index in [-0.39, 0.29) is 23.5 Å². The van der Waals surface area contributed by atoms with Crippen molar-refractivity contribution in [3.63, 3.8) is 0 Å². The zero-order chi connectivity index (χ0) is 14.0. The van der Waals surface area contributed by atoms with Crippen molar-refractivity contribution in [2.75, 3.05) is 25.0 Å². The molecule has 1 fully saturated rings. The minimum atomic E-state index is -4.42. The Kier molecular flexibility index (Phi) is 5.91. The Bertz CT molecular complexity index is 448. The first-order chi connectivity index (χ1) is 8.89. The van der Waals surface area contributed by atoms with Gasteiger partial charge in [0.05, 0.1) is 10.6 Å². The largest absolute Gasteiger partial charge is 0.417 e. The molecule has 1 unspecified atom stereocenters. The van der Waals surface area contributed by atoms with Gasteiger partial charge in [-0.3, -0.25) is 0 Å². The molecule has 2 rings (SSSR count). The predicted octanol–water partition coefficient (Wildman–Crippen LogP) is 3.36. The van der Waals surface area contributed by atoms with Gasteiger partial charge in [0, 0.05) is 25.8 Å². The normalized spacial score (nSPS) is 19.4. The Morgan fingerprint density at radius 3 is 2.65 bits per heavy atom. The summed E-state index contributed by atoms with van der Waals surface area (Å²) in [6.07, 6.45) is -1.58. The summed E-state index contributed by atoms with van der Waals surface area (Å²) in [7, 11) is 1.80. The summed E-state index contributed by atoms with van der Waals surface area (Å²) in [6, 6.07) is 1.13. The van der Waals surface area contributed by atoms with E-state index >= 15 is 0 Å². The molecule has 114 valence electrons. The molecule has 1 N–H and O–H groups in total. The lowest BCUT2D eigenvalue weighted by Gasteiger charge is -2.33. The van der Waals surface area contributed by atoms with Crippen molar-refractivity contribution in [1.82, 2.24) is 10.3 Å². The predicted molar refractivity (Wildman–Crippen MR) is 75.8 cm³/mol. The molecule has 20 heavy (non-hydrogen) atoms. The first-order valence-corrected chi connectivity index (χ1v) is 6.43. The topological polar surface area (TPSA) is 28.2 Å². The third-order valence-corrected chi connectivity index (χ3v) is 3.58. The van der Waals surface area contributed by atoms with Crippen LogP contribution >= 0.6 is 24.0 Å². The molecule has 0 radical (unpaired) electrons. The van der Waals surface area contributed by atoms with Crippen LogP contribution < -0.4 is 10.2 Å². The van der Waals surface area contributed by atoms with Gasteiger partial charge >= 0.3 is 6.18 Å². The van der Waals surface area contributed by atoms with Crippen LogP contribution in [-0.2, 0) is 6.18 Å². The molecule has 2 heterocycles. The standard InChI is InChI=1S/C12H15ClF3N3.ClH/c1-19(9-3-2-4-17-7-9)11-10(13)5-8(6-18-11)12(14,15)16;/h5-6,9,17H,2-4,7H2,1H3;1H. The second kappa shape index (κ2) is 6.83. The number of pyridine rings is 1. The molecule has 1 saturated heterocycles. The molecule has 0 spiro atoms. The maximum absolute atomic E-state index is 12.5. The number of likely N-dealkylation sites (N-methyl/N-ethyl adjacent to an activating group) is 1. The summed E-state index contributed by atoms with van der Waals surface area (Å²) in [6.45, 7) is 1.76. The molecule has 0 saturated carbocycles. The molecular formula is C12H16Cl2F3N3. The van der Waals surface area contributed by atoms with Gasteiger partial charge in [-0.1, -0.05) is 11.6 Å². The summed E-state index contributed by atoms with van der Waals surface area (Å²) in [5.74, 6) is 0.392. The highest BCUT2D eigenvalue weighted by molar-refractivity contribution is 6.33. The van der Waals surface area contributed by atoms with E-state index in [1.54, 1.807) is 7.05 Å². The molecular weight excluding hydrogens is 314 g/mol. The number of hydrogen-bond acceptors (Lipinski definition) is 3. The van der Waals surface area contributed by atoms with E-state index in [1.807, 2.05) is 4.90 Å². The second-order valence-corrected chi connectivity index (χ2v) is 5.05. The minimum absolute atomic E-state index is 0. The number of anilines is 1. The van der Waals surface area contributed by atoms with E-state index in [0.29, 0.717) is 5.82 Å². The van der Waals surface area contributed by atoms with Crippen molar-refractivity contribution in [1.29, 1.82) is 0 Å². The van der Waals surface area contributed by atoms with Gasteiger partial charge in [-0.15, -0.1) is 12.4 Å². The van der Waals surface area contributed by atoms with Crippen molar-refractivity contribution in [3.8, 4) is 0 Å². The van der Waals surface area contributed by atoms with E-state index in [1.165, 1.54) is 0 Å². The lowest BCUT2D eigenvalue weighted by Crippen LogP contribution is -2.44. The molecule has 0 bridgehead atoms. The number of rotatable bonds is 2. The van der Waals surface area contributed by atoms with E-state index in [4.69, 9.17) is 11.6 Å². The van der Waals surface area contributed by atoms with E-state index in [0.717, 1.165) is 38.2 Å². The van der Waals surface area contributed by atoms with E-state index in [9.17, 15) is 13.2 Å². The van der Waals surface area contributed by atoms with Crippen LogP contribution in [0.2, 0.25) is 5.02 Å². The average Bonchev–Trinajstić information content (AvgIpc) is 2.38. The van der Waals surface area contributed by atoms with Crippen LogP contribution in [0.15, 0.2) is 12.3 Å². The molecule has 1 atom stereocenters. The Balaban J connectivity index is 0.00000200. The zero-order valence-electron chi connectivity index (χ0n) is 10.9. The van der Waals surface area contributed by atoms with E-state index < -0.39 is 11.7 Å². The third kappa shape index (κ3) is 3.90. The molecule has 0 aliphatic carbocycles. The number of piperidine rings is 1. The van der Waals surface area contributed by atoms with Crippen molar-refractivity contribution >= 4 is 29.8 Å². The van der Waals surface area contributed by atoms with Crippen molar-refractivity contribution < 1.29 is 13.2 Å². The fourth-order valence-corrected chi connectivity index (χ4v) is 2.48. The molecule has 1 aromatic rings. The van der Waals surface area contributed by atoms with Crippen LogP contribution in [0.1, 0.15) is 18.4 Å². The Hall–Kier alpha value is -0.720. The molecule has 3 nitrogen and oxygen atoms in total. The molecule has 0 amide bonds. The number of nitrogens with one attached hydrogen (secondary N) is 1.